The van der Waals surface area contributed by atoms with Crippen LogP contribution in [0.25, 0.3) is 11.5 Å². The Balaban J connectivity index is 1.50. The number of aromatic nitrogens is 3. The van der Waals surface area contributed by atoms with Crippen LogP contribution < -0.4 is 10.1 Å². The number of benzene rings is 1. The van der Waals surface area contributed by atoms with Crippen LogP contribution in [-0.4, -0.2) is 28.1 Å². The smallest absolute Gasteiger partial charge is 0.257 e. The molecule has 0 saturated heterocycles. The molecule has 128 valence electrons. The van der Waals surface area contributed by atoms with Gasteiger partial charge in [-0.3, -0.25) is 9.78 Å². The van der Waals surface area contributed by atoms with Crippen molar-refractivity contribution in [3.63, 3.8) is 0 Å². The number of ether oxygens (including phenoxy) is 1. The number of carbonyl (C=O) groups is 1. The maximum absolute atomic E-state index is 11.9. The largest absolute Gasteiger partial charge is 0.497 e. The van der Waals surface area contributed by atoms with Crippen LogP contribution in [0, 0.1) is 0 Å². The van der Waals surface area contributed by atoms with E-state index in [1.54, 1.807) is 13.3 Å². The fraction of sp³-hybridized carbons (Fsp3) is 0.222. The topological polar surface area (TPSA) is 90.1 Å². The van der Waals surface area contributed by atoms with Crippen LogP contribution in [0.4, 0.5) is 0 Å². The summed E-state index contributed by atoms with van der Waals surface area (Å²) in [6.45, 7) is 0.223. The highest BCUT2D eigenvalue weighted by Crippen LogP contribution is 2.20. The summed E-state index contributed by atoms with van der Waals surface area (Å²) in [5.41, 5.74) is 1.68. The molecule has 0 unspecified atom stereocenters. The molecule has 0 fully saturated rings. The molecular weight excluding hydrogens is 320 g/mol. The van der Waals surface area contributed by atoms with Crippen molar-refractivity contribution in [2.75, 3.05) is 7.11 Å². The van der Waals surface area contributed by atoms with Crippen molar-refractivity contribution in [2.24, 2.45) is 0 Å². The number of rotatable bonds is 7. The van der Waals surface area contributed by atoms with E-state index < -0.39 is 0 Å². The SMILES string of the molecule is COc1ccc(-c2nc(CNC(=O)CCc3ccccn3)no2)cc1. The van der Waals surface area contributed by atoms with Crippen LogP contribution >= 0.6 is 0 Å². The summed E-state index contributed by atoms with van der Waals surface area (Å²) in [6, 6.07) is 13.0. The van der Waals surface area contributed by atoms with Gasteiger partial charge in [0.1, 0.15) is 5.75 Å². The van der Waals surface area contributed by atoms with E-state index >= 15 is 0 Å². The minimum atomic E-state index is -0.0820. The second-order valence-corrected chi connectivity index (χ2v) is 5.34. The van der Waals surface area contributed by atoms with Crippen molar-refractivity contribution < 1.29 is 14.1 Å². The number of nitrogens with one attached hydrogen (secondary N) is 1. The third kappa shape index (κ3) is 4.63. The Morgan fingerprint density at radius 1 is 1.20 bits per heavy atom. The van der Waals surface area contributed by atoms with Gasteiger partial charge in [0.2, 0.25) is 5.91 Å². The minimum Gasteiger partial charge on any atom is -0.497 e. The van der Waals surface area contributed by atoms with E-state index in [2.05, 4.69) is 20.4 Å². The molecule has 0 spiro atoms. The van der Waals surface area contributed by atoms with Gasteiger partial charge in [0.15, 0.2) is 5.82 Å². The Kier molecular flexibility index (Phi) is 5.36. The molecule has 7 nitrogen and oxygen atoms in total. The summed E-state index contributed by atoms with van der Waals surface area (Å²) >= 11 is 0. The van der Waals surface area contributed by atoms with Crippen molar-refractivity contribution in [3.8, 4) is 17.2 Å². The van der Waals surface area contributed by atoms with Gasteiger partial charge in [0, 0.05) is 23.9 Å². The van der Waals surface area contributed by atoms with Gasteiger partial charge < -0.3 is 14.6 Å². The van der Waals surface area contributed by atoms with Crippen molar-refractivity contribution in [3.05, 3.63) is 60.2 Å². The second-order valence-electron chi connectivity index (χ2n) is 5.34. The Bertz CT molecular complexity index is 816. The molecule has 0 atom stereocenters. The molecule has 0 bridgehead atoms. The lowest BCUT2D eigenvalue weighted by atomic mass is 10.2. The van der Waals surface area contributed by atoms with E-state index in [0.29, 0.717) is 24.6 Å². The first-order valence-electron chi connectivity index (χ1n) is 7.88. The summed E-state index contributed by atoms with van der Waals surface area (Å²) in [4.78, 5) is 20.4. The summed E-state index contributed by atoms with van der Waals surface area (Å²) in [5, 5.41) is 6.66. The van der Waals surface area contributed by atoms with Crippen LogP contribution in [0.2, 0.25) is 0 Å². The van der Waals surface area contributed by atoms with Gasteiger partial charge in [-0.15, -0.1) is 0 Å². The summed E-state index contributed by atoms with van der Waals surface area (Å²) in [7, 11) is 1.61. The molecule has 0 aliphatic rings. The van der Waals surface area contributed by atoms with Crippen molar-refractivity contribution >= 4 is 5.91 Å². The molecule has 0 saturated carbocycles. The Labute approximate surface area is 145 Å². The van der Waals surface area contributed by atoms with Crippen LogP contribution in [0.5, 0.6) is 5.75 Å². The number of hydrogen-bond donors (Lipinski definition) is 1. The van der Waals surface area contributed by atoms with Gasteiger partial charge in [0.05, 0.1) is 13.7 Å². The van der Waals surface area contributed by atoms with Gasteiger partial charge >= 0.3 is 0 Å². The maximum Gasteiger partial charge on any atom is 0.257 e. The molecule has 0 radical (unpaired) electrons. The molecule has 0 aliphatic carbocycles. The highest BCUT2D eigenvalue weighted by molar-refractivity contribution is 5.76. The first-order chi connectivity index (χ1) is 12.2. The number of nitrogens with zero attached hydrogens (tertiary/aromatic N) is 3. The van der Waals surface area contributed by atoms with Crippen LogP contribution in [0.3, 0.4) is 0 Å². The summed E-state index contributed by atoms with van der Waals surface area (Å²) in [6.07, 6.45) is 2.67. The van der Waals surface area contributed by atoms with Gasteiger partial charge in [-0.2, -0.15) is 4.98 Å². The third-order valence-corrected chi connectivity index (χ3v) is 3.58. The van der Waals surface area contributed by atoms with Crippen LogP contribution in [0.15, 0.2) is 53.2 Å². The van der Waals surface area contributed by atoms with Crippen molar-refractivity contribution in [1.82, 2.24) is 20.4 Å². The van der Waals surface area contributed by atoms with Crippen LogP contribution in [-0.2, 0) is 17.8 Å². The number of amides is 1. The molecule has 3 aromatic rings. The summed E-state index contributed by atoms with van der Waals surface area (Å²) < 4.78 is 10.3. The zero-order valence-electron chi connectivity index (χ0n) is 13.8. The highest BCUT2D eigenvalue weighted by atomic mass is 16.5. The fourth-order valence-electron chi connectivity index (χ4n) is 2.23. The molecule has 1 aromatic carbocycles. The zero-order chi connectivity index (χ0) is 17.5. The number of pyridine rings is 1. The highest BCUT2D eigenvalue weighted by Gasteiger charge is 2.10. The number of methoxy groups -OCH3 is 1. The second kappa shape index (κ2) is 8.05. The lowest BCUT2D eigenvalue weighted by Crippen LogP contribution is -2.23. The molecule has 2 aromatic heterocycles. The van der Waals surface area contributed by atoms with Gasteiger partial charge in [-0.1, -0.05) is 11.2 Å². The first-order valence-corrected chi connectivity index (χ1v) is 7.88. The van der Waals surface area contributed by atoms with E-state index in [-0.39, 0.29) is 12.5 Å². The predicted molar refractivity (Wildman–Crippen MR) is 90.7 cm³/mol. The molecular formula is C18H18N4O3. The molecule has 0 aliphatic heterocycles. The van der Waals surface area contributed by atoms with Gasteiger partial charge in [0.25, 0.3) is 5.89 Å². The molecule has 1 N–H and O–H groups in total. The van der Waals surface area contributed by atoms with Crippen molar-refractivity contribution in [2.45, 2.75) is 19.4 Å². The van der Waals surface area contributed by atoms with E-state index in [0.717, 1.165) is 17.0 Å². The minimum absolute atomic E-state index is 0.0820. The first kappa shape index (κ1) is 16.6. The lowest BCUT2D eigenvalue weighted by Gasteiger charge is -2.02. The standard InChI is InChI=1S/C18H18N4O3/c1-24-15-8-5-13(6-9-15)18-21-16(22-25-18)12-20-17(23)10-7-14-4-2-3-11-19-14/h2-6,8-9,11H,7,10,12H2,1H3,(H,20,23). The molecule has 1 amide bonds. The number of aryl methyl sites for hydroxylation is 1. The Morgan fingerprint density at radius 2 is 2.04 bits per heavy atom. The molecule has 7 heteroatoms. The van der Waals surface area contributed by atoms with Gasteiger partial charge in [-0.25, -0.2) is 0 Å². The molecule has 25 heavy (non-hydrogen) atoms. The number of hydrogen-bond acceptors (Lipinski definition) is 6. The normalized spacial score (nSPS) is 10.4. The fourth-order valence-corrected chi connectivity index (χ4v) is 2.23. The maximum atomic E-state index is 11.9. The average Bonchev–Trinajstić information content (AvgIpc) is 3.14. The summed E-state index contributed by atoms with van der Waals surface area (Å²) in [5.74, 6) is 1.50. The monoisotopic (exact) mass is 338 g/mol. The third-order valence-electron chi connectivity index (χ3n) is 3.58. The van der Waals surface area contributed by atoms with E-state index in [9.17, 15) is 4.79 Å². The molecule has 2 heterocycles. The lowest BCUT2D eigenvalue weighted by molar-refractivity contribution is -0.121. The zero-order valence-corrected chi connectivity index (χ0v) is 13.8. The molecule has 3 rings (SSSR count). The number of carbonyl (C=O) groups excluding carboxylic acids is 1. The van der Waals surface area contributed by atoms with Gasteiger partial charge in [-0.05, 0) is 42.8 Å². The quantitative estimate of drug-likeness (QED) is 0.711. The van der Waals surface area contributed by atoms with E-state index in [4.69, 9.17) is 9.26 Å². The van der Waals surface area contributed by atoms with E-state index in [1.165, 1.54) is 0 Å². The predicted octanol–water partition coefficient (Wildman–Crippen LogP) is 2.39. The Hall–Kier alpha value is -3.22. The van der Waals surface area contributed by atoms with Crippen LogP contribution in [0.1, 0.15) is 17.9 Å². The average molecular weight is 338 g/mol. The van der Waals surface area contributed by atoms with E-state index in [1.807, 2.05) is 42.5 Å². The Morgan fingerprint density at radius 3 is 2.76 bits per heavy atom. The van der Waals surface area contributed by atoms with Crippen molar-refractivity contribution in [1.29, 1.82) is 0 Å².